The topological polar surface area (TPSA) is 107 Å². The van der Waals surface area contributed by atoms with Gasteiger partial charge in [-0.3, -0.25) is 4.79 Å². The van der Waals surface area contributed by atoms with E-state index < -0.39 is 24.3 Å². The molecule has 0 aliphatic heterocycles. The van der Waals surface area contributed by atoms with Crippen molar-refractivity contribution in [2.75, 3.05) is 6.61 Å². The molecule has 1 saturated carbocycles. The number of ether oxygens (including phenoxy) is 1. The molecule has 1 aliphatic carbocycles. The lowest BCUT2D eigenvalue weighted by molar-refractivity contribution is -0.137. The van der Waals surface area contributed by atoms with Gasteiger partial charge < -0.3 is 25.2 Å². The summed E-state index contributed by atoms with van der Waals surface area (Å²) in [5.41, 5.74) is 0. The van der Waals surface area contributed by atoms with Crippen LogP contribution in [0.15, 0.2) is 42.5 Å². The number of rotatable bonds is 12. The highest BCUT2D eigenvalue weighted by molar-refractivity contribution is 5.66. The van der Waals surface area contributed by atoms with Crippen LogP contribution in [-0.2, 0) is 4.79 Å². The first kappa shape index (κ1) is 22.4. The highest BCUT2D eigenvalue weighted by Gasteiger charge is 2.39. The van der Waals surface area contributed by atoms with Gasteiger partial charge in [0.25, 0.3) is 0 Å². The molecule has 0 radical (unpaired) electrons. The molecule has 0 unspecified atom stereocenters. The minimum absolute atomic E-state index is 0.0482. The zero-order valence-electron chi connectivity index (χ0n) is 16.2. The molecule has 28 heavy (non-hydrogen) atoms. The van der Waals surface area contributed by atoms with Crippen molar-refractivity contribution >= 4 is 5.97 Å². The third-order valence-corrected chi connectivity index (χ3v) is 5.31. The molecular weight excluding hydrogens is 360 g/mol. The van der Waals surface area contributed by atoms with Crippen LogP contribution >= 0.6 is 0 Å². The van der Waals surface area contributed by atoms with Crippen LogP contribution in [0.25, 0.3) is 0 Å². The van der Waals surface area contributed by atoms with Crippen molar-refractivity contribution in [3.63, 3.8) is 0 Å². The summed E-state index contributed by atoms with van der Waals surface area (Å²) in [6.45, 7) is 0.125. The number of carboxylic acid groups (broad SMARTS) is 1. The van der Waals surface area contributed by atoms with Crippen LogP contribution in [0.1, 0.15) is 44.9 Å². The summed E-state index contributed by atoms with van der Waals surface area (Å²) in [5.74, 6) is -0.324. The molecule has 4 N–H and O–H groups in total. The van der Waals surface area contributed by atoms with E-state index in [2.05, 4.69) is 0 Å². The first-order chi connectivity index (χ1) is 13.5. The van der Waals surface area contributed by atoms with E-state index in [1.165, 1.54) is 0 Å². The van der Waals surface area contributed by atoms with Crippen LogP contribution in [0.3, 0.4) is 0 Å². The van der Waals surface area contributed by atoms with Crippen molar-refractivity contribution in [2.45, 2.75) is 63.3 Å². The molecule has 6 heteroatoms. The summed E-state index contributed by atoms with van der Waals surface area (Å²) in [6, 6.07) is 9.25. The summed E-state index contributed by atoms with van der Waals surface area (Å²) >= 11 is 0. The Balaban J connectivity index is 1.76. The Labute approximate surface area is 166 Å². The van der Waals surface area contributed by atoms with Crippen LogP contribution in [0.2, 0.25) is 0 Å². The number of hydrogen-bond acceptors (Lipinski definition) is 5. The summed E-state index contributed by atoms with van der Waals surface area (Å²) in [5, 5.41) is 39.3. The number of carbonyl (C=O) groups is 1. The Kier molecular flexibility index (Phi) is 9.47. The maximum absolute atomic E-state index is 10.5. The van der Waals surface area contributed by atoms with E-state index in [-0.39, 0.29) is 24.9 Å². The van der Waals surface area contributed by atoms with E-state index in [0.717, 1.165) is 25.7 Å². The predicted octanol–water partition coefficient (Wildman–Crippen LogP) is 2.77. The number of carboxylic acids is 1. The fourth-order valence-electron chi connectivity index (χ4n) is 3.80. The van der Waals surface area contributed by atoms with E-state index in [9.17, 15) is 20.1 Å². The largest absolute Gasteiger partial charge is 0.491 e. The molecule has 1 aromatic rings. The lowest BCUT2D eigenvalue weighted by Crippen LogP contribution is -2.22. The van der Waals surface area contributed by atoms with Gasteiger partial charge in [-0.05, 0) is 30.9 Å². The van der Waals surface area contributed by atoms with E-state index in [0.29, 0.717) is 18.6 Å². The third kappa shape index (κ3) is 7.62. The van der Waals surface area contributed by atoms with Gasteiger partial charge in [-0.1, -0.05) is 49.6 Å². The maximum Gasteiger partial charge on any atom is 0.303 e. The standard InChI is InChI=1S/C22H32O6/c23-16(15-28-17-8-4-3-5-9-17)12-13-19-18(20(24)14-21(19)25)10-6-1-2-7-11-22(26)27/h3-5,8-9,12-13,16,18-21,23-25H,1-2,6-7,10-11,14-15H2,(H,26,27)/b13-12+/t16-,18-,19-,20+,21-/m1/s1. The quantitative estimate of drug-likeness (QED) is 0.322. The Morgan fingerprint density at radius 1 is 1.11 bits per heavy atom. The second kappa shape index (κ2) is 11.8. The van der Waals surface area contributed by atoms with Gasteiger partial charge in [-0.2, -0.15) is 0 Å². The molecule has 156 valence electrons. The molecular formula is C22H32O6. The first-order valence-corrected chi connectivity index (χ1v) is 10.1. The summed E-state index contributed by atoms with van der Waals surface area (Å²) in [6.07, 6.45) is 6.10. The maximum atomic E-state index is 10.5. The fourth-order valence-corrected chi connectivity index (χ4v) is 3.80. The number of aliphatic carboxylic acids is 1. The number of hydrogen-bond donors (Lipinski definition) is 4. The van der Waals surface area contributed by atoms with Crippen LogP contribution in [0, 0.1) is 11.8 Å². The normalized spacial score (nSPS) is 25.8. The third-order valence-electron chi connectivity index (χ3n) is 5.31. The molecule has 0 bridgehead atoms. The minimum Gasteiger partial charge on any atom is -0.491 e. The fraction of sp³-hybridized carbons (Fsp3) is 0.591. The Bertz CT molecular complexity index is 602. The number of unbranched alkanes of at least 4 members (excludes halogenated alkanes) is 3. The molecule has 6 nitrogen and oxygen atoms in total. The van der Waals surface area contributed by atoms with Gasteiger partial charge in [0.05, 0.1) is 12.2 Å². The summed E-state index contributed by atoms with van der Waals surface area (Å²) < 4.78 is 5.52. The molecule has 1 fully saturated rings. The average Bonchev–Trinajstić information content (AvgIpc) is 2.94. The summed E-state index contributed by atoms with van der Waals surface area (Å²) in [7, 11) is 0. The lowest BCUT2D eigenvalue weighted by atomic mass is 9.88. The highest BCUT2D eigenvalue weighted by atomic mass is 16.5. The molecule has 0 heterocycles. The zero-order valence-corrected chi connectivity index (χ0v) is 16.2. The van der Waals surface area contributed by atoms with Crippen molar-refractivity contribution in [3.8, 4) is 5.75 Å². The Hall–Kier alpha value is -1.89. The number of para-hydroxylation sites is 1. The van der Waals surface area contributed by atoms with Crippen LogP contribution < -0.4 is 4.74 Å². The molecule has 2 rings (SSSR count). The molecule has 0 saturated heterocycles. The van der Waals surface area contributed by atoms with E-state index in [4.69, 9.17) is 9.84 Å². The number of aliphatic hydroxyl groups excluding tert-OH is 3. The molecule has 0 aromatic heterocycles. The van der Waals surface area contributed by atoms with Gasteiger partial charge in [-0.15, -0.1) is 0 Å². The minimum atomic E-state index is -0.790. The SMILES string of the molecule is O=C(O)CCCCCC[C@@H]1[C@@H](/C=C/[C@@H](O)COc2ccccc2)[C@H](O)C[C@@H]1O. The predicted molar refractivity (Wildman–Crippen MR) is 106 cm³/mol. The van der Waals surface area contributed by atoms with Gasteiger partial charge in [0, 0.05) is 18.8 Å². The lowest BCUT2D eigenvalue weighted by Gasteiger charge is -2.21. The molecule has 0 amide bonds. The van der Waals surface area contributed by atoms with E-state index >= 15 is 0 Å². The van der Waals surface area contributed by atoms with Crippen molar-refractivity contribution in [1.29, 1.82) is 0 Å². The smallest absolute Gasteiger partial charge is 0.303 e. The van der Waals surface area contributed by atoms with Gasteiger partial charge in [-0.25, -0.2) is 0 Å². The van der Waals surface area contributed by atoms with Crippen LogP contribution in [0.4, 0.5) is 0 Å². The van der Waals surface area contributed by atoms with Gasteiger partial charge in [0.1, 0.15) is 18.5 Å². The second-order valence-electron chi connectivity index (χ2n) is 7.53. The molecule has 5 atom stereocenters. The highest BCUT2D eigenvalue weighted by Crippen LogP contribution is 2.37. The van der Waals surface area contributed by atoms with Crippen molar-refractivity contribution in [1.82, 2.24) is 0 Å². The van der Waals surface area contributed by atoms with Gasteiger partial charge >= 0.3 is 5.97 Å². The number of benzene rings is 1. The Morgan fingerprint density at radius 2 is 1.82 bits per heavy atom. The molecule has 1 aliphatic rings. The zero-order chi connectivity index (χ0) is 20.4. The van der Waals surface area contributed by atoms with Gasteiger partial charge in [0.2, 0.25) is 0 Å². The molecule has 1 aromatic carbocycles. The van der Waals surface area contributed by atoms with Crippen molar-refractivity contribution in [3.05, 3.63) is 42.5 Å². The molecule has 0 spiro atoms. The van der Waals surface area contributed by atoms with E-state index in [1.54, 1.807) is 12.2 Å². The van der Waals surface area contributed by atoms with E-state index in [1.807, 2.05) is 30.3 Å². The monoisotopic (exact) mass is 392 g/mol. The average molecular weight is 392 g/mol. The van der Waals surface area contributed by atoms with Crippen LogP contribution in [-0.4, -0.2) is 51.3 Å². The van der Waals surface area contributed by atoms with Gasteiger partial charge in [0.15, 0.2) is 0 Å². The van der Waals surface area contributed by atoms with Crippen LogP contribution in [0.5, 0.6) is 5.75 Å². The Morgan fingerprint density at radius 3 is 2.54 bits per heavy atom. The second-order valence-corrected chi connectivity index (χ2v) is 7.53. The first-order valence-electron chi connectivity index (χ1n) is 10.1. The summed E-state index contributed by atoms with van der Waals surface area (Å²) in [4.78, 5) is 10.5. The van der Waals surface area contributed by atoms with Crippen molar-refractivity contribution < 1.29 is 30.0 Å². The van der Waals surface area contributed by atoms with Crippen molar-refractivity contribution in [2.24, 2.45) is 11.8 Å². The number of aliphatic hydroxyl groups is 3.